The molecule has 2 aliphatic rings. The predicted octanol–water partition coefficient (Wildman–Crippen LogP) is -0.440. The largest absolute Gasteiger partial charge is 0.341 e. The number of carbonyl (C=O) groups excluding carboxylic acids is 1. The molecule has 0 atom stereocenters. The van der Waals surface area contributed by atoms with Crippen molar-refractivity contribution in [2.24, 2.45) is 7.05 Å². The van der Waals surface area contributed by atoms with E-state index in [1.165, 1.54) is 0 Å². The summed E-state index contributed by atoms with van der Waals surface area (Å²) in [6.45, 7) is 6.96. The third-order valence-corrected chi connectivity index (χ3v) is 5.94. The number of hydrogen-bond acceptors (Lipinski definition) is 7. The van der Waals surface area contributed by atoms with Gasteiger partial charge >= 0.3 is 0 Å². The minimum atomic E-state index is 0.0951. The third kappa shape index (κ3) is 4.22. The second-order valence-corrected chi connectivity index (χ2v) is 7.87. The summed E-state index contributed by atoms with van der Waals surface area (Å²) in [5.41, 5.74) is 0. The SMILES string of the molecule is CN1CCN(Cc2nnc(C3CCN(C(=O)Cn4ccnn4)CC3)n2C)CC1. The standard InChI is InChI=1S/C18H29N9O/c1-23-9-11-25(12-10-23)13-16-20-21-18(24(16)2)15-3-6-26(7-4-15)17(28)14-27-8-5-19-22-27/h5,8,15H,3-4,6-7,9-14H2,1-2H3. The van der Waals surface area contributed by atoms with Gasteiger partial charge < -0.3 is 14.4 Å². The number of amides is 1. The summed E-state index contributed by atoms with van der Waals surface area (Å²) in [5.74, 6) is 2.53. The van der Waals surface area contributed by atoms with Crippen molar-refractivity contribution in [3.8, 4) is 0 Å². The Morgan fingerprint density at radius 3 is 2.50 bits per heavy atom. The van der Waals surface area contributed by atoms with Crippen molar-refractivity contribution in [2.75, 3.05) is 46.3 Å². The minimum absolute atomic E-state index is 0.0951. The van der Waals surface area contributed by atoms with Crippen LogP contribution in [-0.4, -0.2) is 96.7 Å². The van der Waals surface area contributed by atoms with Crippen molar-refractivity contribution in [3.63, 3.8) is 0 Å². The van der Waals surface area contributed by atoms with Gasteiger partial charge in [-0.25, -0.2) is 4.68 Å². The summed E-state index contributed by atoms with van der Waals surface area (Å²) in [7, 11) is 4.24. The molecule has 4 rings (SSSR count). The Morgan fingerprint density at radius 2 is 1.82 bits per heavy atom. The molecular formula is C18H29N9O. The number of likely N-dealkylation sites (tertiary alicyclic amines) is 1. The molecule has 0 unspecified atom stereocenters. The fraction of sp³-hybridized carbons (Fsp3) is 0.722. The van der Waals surface area contributed by atoms with Crippen LogP contribution in [0.15, 0.2) is 12.4 Å². The van der Waals surface area contributed by atoms with E-state index in [0.717, 1.165) is 70.3 Å². The first-order valence-corrected chi connectivity index (χ1v) is 10.0. The number of rotatable bonds is 5. The van der Waals surface area contributed by atoms with Crippen LogP contribution in [0.25, 0.3) is 0 Å². The van der Waals surface area contributed by atoms with Crippen molar-refractivity contribution < 1.29 is 4.79 Å². The van der Waals surface area contributed by atoms with E-state index in [0.29, 0.717) is 5.92 Å². The highest BCUT2D eigenvalue weighted by Crippen LogP contribution is 2.27. The van der Waals surface area contributed by atoms with Crippen LogP contribution in [0.2, 0.25) is 0 Å². The molecule has 2 aromatic heterocycles. The Hall–Kier alpha value is -2.33. The maximum atomic E-state index is 12.4. The molecule has 152 valence electrons. The number of aromatic nitrogens is 6. The third-order valence-electron chi connectivity index (χ3n) is 5.94. The van der Waals surface area contributed by atoms with Crippen LogP contribution in [0, 0.1) is 0 Å². The maximum absolute atomic E-state index is 12.4. The first kappa shape index (κ1) is 19.0. The van der Waals surface area contributed by atoms with Gasteiger partial charge in [0.05, 0.1) is 12.7 Å². The van der Waals surface area contributed by atoms with Gasteiger partial charge in [-0.2, -0.15) is 0 Å². The molecule has 2 aromatic rings. The number of hydrogen-bond donors (Lipinski definition) is 0. The van der Waals surface area contributed by atoms with Gasteiger partial charge in [0.15, 0.2) is 0 Å². The molecule has 0 radical (unpaired) electrons. The molecule has 0 bridgehead atoms. The fourth-order valence-electron chi connectivity index (χ4n) is 4.02. The lowest BCUT2D eigenvalue weighted by Crippen LogP contribution is -2.44. The van der Waals surface area contributed by atoms with E-state index in [4.69, 9.17) is 0 Å². The molecule has 28 heavy (non-hydrogen) atoms. The van der Waals surface area contributed by atoms with Crippen molar-refractivity contribution in [2.45, 2.75) is 31.8 Å². The van der Waals surface area contributed by atoms with Gasteiger partial charge in [0.25, 0.3) is 0 Å². The van der Waals surface area contributed by atoms with Crippen LogP contribution in [-0.2, 0) is 24.9 Å². The Morgan fingerprint density at radius 1 is 1.07 bits per heavy atom. The average molecular weight is 387 g/mol. The Kier molecular flexibility index (Phi) is 5.67. The van der Waals surface area contributed by atoms with E-state index in [1.807, 2.05) is 4.90 Å². The minimum Gasteiger partial charge on any atom is -0.341 e. The normalized spacial score (nSPS) is 20.0. The Bertz CT molecular complexity index is 771. The second kappa shape index (κ2) is 8.36. The average Bonchev–Trinajstić information content (AvgIpc) is 3.34. The van der Waals surface area contributed by atoms with Gasteiger partial charge in [0.2, 0.25) is 5.91 Å². The first-order chi connectivity index (χ1) is 13.6. The number of likely N-dealkylation sites (N-methyl/N-ethyl adjacent to an activating group) is 1. The highest BCUT2D eigenvalue weighted by molar-refractivity contribution is 5.76. The van der Waals surface area contributed by atoms with Crippen LogP contribution in [0.1, 0.15) is 30.4 Å². The predicted molar refractivity (Wildman–Crippen MR) is 102 cm³/mol. The summed E-state index contributed by atoms with van der Waals surface area (Å²) in [6, 6.07) is 0. The van der Waals surface area contributed by atoms with E-state index in [9.17, 15) is 4.79 Å². The van der Waals surface area contributed by atoms with Gasteiger partial charge in [-0.3, -0.25) is 9.69 Å². The van der Waals surface area contributed by atoms with E-state index in [-0.39, 0.29) is 12.5 Å². The summed E-state index contributed by atoms with van der Waals surface area (Å²) in [6.07, 6.45) is 5.15. The van der Waals surface area contributed by atoms with Crippen molar-refractivity contribution >= 4 is 5.91 Å². The van der Waals surface area contributed by atoms with Crippen LogP contribution >= 0.6 is 0 Å². The van der Waals surface area contributed by atoms with Gasteiger partial charge in [0.1, 0.15) is 18.2 Å². The van der Waals surface area contributed by atoms with E-state index < -0.39 is 0 Å². The molecule has 10 nitrogen and oxygen atoms in total. The lowest BCUT2D eigenvalue weighted by Gasteiger charge is -2.32. The molecule has 2 saturated heterocycles. The topological polar surface area (TPSA) is 88.2 Å². The number of piperazine rings is 1. The fourth-order valence-corrected chi connectivity index (χ4v) is 4.02. The monoisotopic (exact) mass is 387 g/mol. The van der Waals surface area contributed by atoms with Gasteiger partial charge in [-0.05, 0) is 19.9 Å². The molecular weight excluding hydrogens is 358 g/mol. The van der Waals surface area contributed by atoms with Crippen LogP contribution in [0.5, 0.6) is 0 Å². The summed E-state index contributed by atoms with van der Waals surface area (Å²) in [5, 5.41) is 16.6. The van der Waals surface area contributed by atoms with Crippen LogP contribution < -0.4 is 0 Å². The van der Waals surface area contributed by atoms with Gasteiger partial charge in [-0.15, -0.1) is 15.3 Å². The molecule has 0 N–H and O–H groups in total. The first-order valence-electron chi connectivity index (χ1n) is 10.0. The maximum Gasteiger partial charge on any atom is 0.244 e. The molecule has 0 aromatic carbocycles. The quantitative estimate of drug-likeness (QED) is 0.687. The molecule has 0 aliphatic carbocycles. The highest BCUT2D eigenvalue weighted by atomic mass is 16.2. The van der Waals surface area contributed by atoms with Crippen molar-refractivity contribution in [1.29, 1.82) is 0 Å². The van der Waals surface area contributed by atoms with Gasteiger partial charge in [-0.1, -0.05) is 5.21 Å². The highest BCUT2D eigenvalue weighted by Gasteiger charge is 2.28. The summed E-state index contributed by atoms with van der Waals surface area (Å²) < 4.78 is 3.73. The zero-order chi connectivity index (χ0) is 19.5. The van der Waals surface area contributed by atoms with Crippen LogP contribution in [0.4, 0.5) is 0 Å². The second-order valence-electron chi connectivity index (χ2n) is 7.87. The van der Waals surface area contributed by atoms with Crippen molar-refractivity contribution in [3.05, 3.63) is 24.0 Å². The molecule has 2 aliphatic heterocycles. The zero-order valence-corrected chi connectivity index (χ0v) is 16.7. The molecule has 0 spiro atoms. The number of piperidine rings is 1. The van der Waals surface area contributed by atoms with Crippen LogP contribution in [0.3, 0.4) is 0 Å². The van der Waals surface area contributed by atoms with Crippen molar-refractivity contribution in [1.82, 2.24) is 44.5 Å². The molecule has 0 saturated carbocycles. The van der Waals surface area contributed by atoms with E-state index in [2.05, 4.69) is 49.0 Å². The Labute approximate surface area is 165 Å². The Balaban J connectivity index is 1.31. The smallest absolute Gasteiger partial charge is 0.244 e. The lowest BCUT2D eigenvalue weighted by molar-refractivity contribution is -0.133. The lowest BCUT2D eigenvalue weighted by atomic mass is 9.96. The molecule has 1 amide bonds. The molecule has 10 heteroatoms. The van der Waals surface area contributed by atoms with E-state index in [1.54, 1.807) is 17.1 Å². The number of carbonyl (C=O) groups is 1. The molecule has 4 heterocycles. The summed E-state index contributed by atoms with van der Waals surface area (Å²) >= 11 is 0. The summed E-state index contributed by atoms with van der Waals surface area (Å²) in [4.78, 5) is 19.1. The van der Waals surface area contributed by atoms with E-state index >= 15 is 0 Å². The zero-order valence-electron chi connectivity index (χ0n) is 16.7. The molecule has 2 fully saturated rings. The number of nitrogens with zero attached hydrogens (tertiary/aromatic N) is 9. The van der Waals surface area contributed by atoms with Gasteiger partial charge in [0, 0.05) is 58.4 Å².